The molecule has 1 aromatic rings. The van der Waals surface area contributed by atoms with Gasteiger partial charge in [-0.05, 0) is 19.4 Å². The van der Waals surface area contributed by atoms with Gasteiger partial charge in [0, 0.05) is 28.9 Å². The average Bonchev–Trinajstić information content (AvgIpc) is 2.84. The summed E-state index contributed by atoms with van der Waals surface area (Å²) in [5, 5.41) is 14.1. The van der Waals surface area contributed by atoms with Gasteiger partial charge in [0.1, 0.15) is 6.07 Å². The van der Waals surface area contributed by atoms with Crippen molar-refractivity contribution >= 4 is 11.3 Å². The Balaban J connectivity index is 1.90. The lowest BCUT2D eigenvalue weighted by molar-refractivity contribution is 0.171. The van der Waals surface area contributed by atoms with Crippen molar-refractivity contribution in [3.8, 4) is 6.07 Å². The third-order valence-corrected chi connectivity index (χ3v) is 3.63. The van der Waals surface area contributed by atoms with Crippen molar-refractivity contribution < 1.29 is 4.74 Å². The molecule has 3 nitrogen and oxygen atoms in total. The highest BCUT2D eigenvalue weighted by atomic mass is 32.1. The van der Waals surface area contributed by atoms with Crippen LogP contribution in [0.4, 0.5) is 0 Å². The highest BCUT2D eigenvalue weighted by Gasteiger charge is 2.28. The van der Waals surface area contributed by atoms with Gasteiger partial charge in [-0.15, -0.1) is 11.3 Å². The minimum Gasteiger partial charge on any atom is -0.379 e. The van der Waals surface area contributed by atoms with Gasteiger partial charge in [-0.3, -0.25) is 0 Å². The third-order valence-electron chi connectivity index (χ3n) is 2.69. The molecule has 80 valence electrons. The van der Waals surface area contributed by atoms with Gasteiger partial charge in [-0.1, -0.05) is 0 Å². The molecule has 2 heterocycles. The Labute approximate surface area is 93.7 Å². The molecule has 1 saturated heterocycles. The van der Waals surface area contributed by atoms with E-state index in [1.54, 1.807) is 11.3 Å². The molecule has 1 fully saturated rings. The topological polar surface area (TPSA) is 45.0 Å². The first-order valence-electron chi connectivity index (χ1n) is 5.02. The maximum atomic E-state index is 8.70. The Morgan fingerprint density at radius 3 is 3.20 bits per heavy atom. The molecule has 1 aliphatic heterocycles. The summed E-state index contributed by atoms with van der Waals surface area (Å²) < 4.78 is 5.36. The third kappa shape index (κ3) is 2.57. The van der Waals surface area contributed by atoms with Crippen molar-refractivity contribution in [1.29, 1.82) is 5.26 Å². The maximum Gasteiger partial charge on any atom is 0.100 e. The van der Waals surface area contributed by atoms with Crippen LogP contribution in [0.25, 0.3) is 0 Å². The predicted molar refractivity (Wildman–Crippen MR) is 59.7 cm³/mol. The highest BCUT2D eigenvalue weighted by molar-refractivity contribution is 7.10. The molecule has 0 spiro atoms. The van der Waals surface area contributed by atoms with Crippen LogP contribution in [-0.4, -0.2) is 18.8 Å². The molecule has 1 aliphatic rings. The number of rotatable bonds is 3. The SMILES string of the molecule is CC1(NCc2cc(C#N)cs2)CCOC1. The molecule has 1 aromatic heterocycles. The molecule has 1 atom stereocenters. The monoisotopic (exact) mass is 222 g/mol. The lowest BCUT2D eigenvalue weighted by Crippen LogP contribution is -2.42. The molecule has 1 N–H and O–H groups in total. The van der Waals surface area contributed by atoms with E-state index in [-0.39, 0.29) is 5.54 Å². The Bertz CT molecular complexity index is 374. The van der Waals surface area contributed by atoms with Crippen molar-refractivity contribution in [3.05, 3.63) is 21.9 Å². The summed E-state index contributed by atoms with van der Waals surface area (Å²) in [7, 11) is 0. The molecule has 0 aromatic carbocycles. The molecule has 2 rings (SSSR count). The zero-order valence-corrected chi connectivity index (χ0v) is 9.56. The van der Waals surface area contributed by atoms with Crippen LogP contribution in [0.3, 0.4) is 0 Å². The standard InChI is InChI=1S/C11H14N2OS/c1-11(2-3-14-8-11)13-6-10-4-9(5-12)7-15-10/h4,7,13H,2-3,6,8H2,1H3. The van der Waals surface area contributed by atoms with E-state index in [0.717, 1.165) is 31.7 Å². The van der Waals surface area contributed by atoms with Crippen LogP contribution in [0.2, 0.25) is 0 Å². The Morgan fingerprint density at radius 1 is 1.73 bits per heavy atom. The smallest absolute Gasteiger partial charge is 0.100 e. The van der Waals surface area contributed by atoms with Gasteiger partial charge in [0.2, 0.25) is 0 Å². The average molecular weight is 222 g/mol. The van der Waals surface area contributed by atoms with E-state index < -0.39 is 0 Å². The fourth-order valence-electron chi connectivity index (χ4n) is 1.64. The zero-order chi connectivity index (χ0) is 10.7. The van der Waals surface area contributed by atoms with Crippen LogP contribution in [0.15, 0.2) is 11.4 Å². The summed E-state index contributed by atoms with van der Waals surface area (Å²) in [6, 6.07) is 4.08. The Kier molecular flexibility index (Phi) is 3.06. The largest absolute Gasteiger partial charge is 0.379 e. The fraction of sp³-hybridized carbons (Fsp3) is 0.545. The summed E-state index contributed by atoms with van der Waals surface area (Å²) in [5.41, 5.74) is 0.862. The van der Waals surface area contributed by atoms with Crippen molar-refractivity contribution in [3.63, 3.8) is 0 Å². The molecule has 0 aliphatic carbocycles. The molecule has 4 heteroatoms. The van der Waals surface area contributed by atoms with Gasteiger partial charge in [-0.25, -0.2) is 0 Å². The summed E-state index contributed by atoms with van der Waals surface area (Å²) >= 11 is 1.63. The molecule has 0 saturated carbocycles. The van der Waals surface area contributed by atoms with Crippen LogP contribution in [0.5, 0.6) is 0 Å². The lowest BCUT2D eigenvalue weighted by atomic mass is 10.0. The number of nitrogens with one attached hydrogen (secondary N) is 1. The van der Waals surface area contributed by atoms with Crippen molar-refractivity contribution in [2.24, 2.45) is 0 Å². The first kappa shape index (κ1) is 10.6. The zero-order valence-electron chi connectivity index (χ0n) is 8.75. The van der Waals surface area contributed by atoms with E-state index in [1.807, 2.05) is 11.4 Å². The quantitative estimate of drug-likeness (QED) is 0.849. The van der Waals surface area contributed by atoms with Gasteiger partial charge in [0.25, 0.3) is 0 Å². The van der Waals surface area contributed by atoms with E-state index in [0.29, 0.717) is 0 Å². The normalized spacial score (nSPS) is 25.3. The van der Waals surface area contributed by atoms with E-state index in [9.17, 15) is 0 Å². The van der Waals surface area contributed by atoms with Crippen LogP contribution in [0, 0.1) is 11.3 Å². The Hall–Kier alpha value is -0.890. The van der Waals surface area contributed by atoms with Gasteiger partial charge in [0.05, 0.1) is 12.2 Å². The van der Waals surface area contributed by atoms with E-state index >= 15 is 0 Å². The second-order valence-electron chi connectivity index (χ2n) is 4.13. The van der Waals surface area contributed by atoms with E-state index in [4.69, 9.17) is 10.00 Å². The predicted octanol–water partition coefficient (Wildman–Crippen LogP) is 1.89. The number of nitrogens with zero attached hydrogens (tertiary/aromatic N) is 1. The van der Waals surface area contributed by atoms with E-state index in [1.165, 1.54) is 4.88 Å². The lowest BCUT2D eigenvalue weighted by Gasteiger charge is -2.23. The molecule has 0 radical (unpaired) electrons. The first-order valence-corrected chi connectivity index (χ1v) is 5.90. The van der Waals surface area contributed by atoms with Crippen molar-refractivity contribution in [2.45, 2.75) is 25.4 Å². The minimum absolute atomic E-state index is 0.108. The number of nitriles is 1. The van der Waals surface area contributed by atoms with Gasteiger partial charge in [0.15, 0.2) is 0 Å². The van der Waals surface area contributed by atoms with E-state index in [2.05, 4.69) is 18.3 Å². The van der Waals surface area contributed by atoms with Crippen LogP contribution in [-0.2, 0) is 11.3 Å². The summed E-state index contributed by atoms with van der Waals surface area (Å²) in [5.74, 6) is 0. The minimum atomic E-state index is 0.108. The molecular formula is C11H14N2OS. The molecular weight excluding hydrogens is 208 g/mol. The number of ether oxygens (including phenoxy) is 1. The second kappa shape index (κ2) is 4.31. The highest BCUT2D eigenvalue weighted by Crippen LogP contribution is 2.20. The first-order chi connectivity index (χ1) is 7.22. The second-order valence-corrected chi connectivity index (χ2v) is 5.13. The fourth-order valence-corrected chi connectivity index (χ4v) is 2.39. The van der Waals surface area contributed by atoms with Gasteiger partial charge < -0.3 is 10.1 Å². The molecule has 0 bridgehead atoms. The van der Waals surface area contributed by atoms with Crippen LogP contribution < -0.4 is 5.32 Å². The summed E-state index contributed by atoms with van der Waals surface area (Å²) in [6.45, 7) is 4.63. The van der Waals surface area contributed by atoms with Gasteiger partial charge >= 0.3 is 0 Å². The summed E-state index contributed by atoms with van der Waals surface area (Å²) in [6.07, 6.45) is 1.06. The van der Waals surface area contributed by atoms with Crippen molar-refractivity contribution in [2.75, 3.05) is 13.2 Å². The number of thiophene rings is 1. The maximum absolute atomic E-state index is 8.70. The van der Waals surface area contributed by atoms with Crippen LogP contribution >= 0.6 is 11.3 Å². The summed E-state index contributed by atoms with van der Waals surface area (Å²) in [4.78, 5) is 1.21. The van der Waals surface area contributed by atoms with Crippen LogP contribution in [0.1, 0.15) is 23.8 Å². The Morgan fingerprint density at radius 2 is 2.60 bits per heavy atom. The van der Waals surface area contributed by atoms with Gasteiger partial charge in [-0.2, -0.15) is 5.26 Å². The number of hydrogen-bond donors (Lipinski definition) is 1. The molecule has 0 amide bonds. The number of hydrogen-bond acceptors (Lipinski definition) is 4. The molecule has 15 heavy (non-hydrogen) atoms. The van der Waals surface area contributed by atoms with Crippen molar-refractivity contribution in [1.82, 2.24) is 5.32 Å². The molecule has 1 unspecified atom stereocenters.